The van der Waals surface area contributed by atoms with E-state index >= 15 is 0 Å². The van der Waals surface area contributed by atoms with E-state index in [-0.39, 0.29) is 0 Å². The van der Waals surface area contributed by atoms with Gasteiger partial charge >= 0.3 is 0 Å². The number of nitrogens with zero attached hydrogens (tertiary/aromatic N) is 3. The molecule has 5 nitrogen and oxygen atoms in total. The number of ether oxygens (including phenoxy) is 1. The number of aryl methyl sites for hydroxylation is 1. The molecule has 0 radical (unpaired) electrons. The first-order valence-corrected chi connectivity index (χ1v) is 8.20. The number of H-pyrrole nitrogens is 1. The van der Waals surface area contributed by atoms with E-state index in [1.165, 1.54) is 0 Å². The molecule has 0 amide bonds. The minimum atomic E-state index is 0.492. The Hall–Kier alpha value is -2.73. The summed E-state index contributed by atoms with van der Waals surface area (Å²) in [6.45, 7) is 2.09. The zero-order valence-electron chi connectivity index (χ0n) is 13.3. The lowest BCUT2D eigenvalue weighted by Gasteiger charge is -2.05. The van der Waals surface area contributed by atoms with Crippen LogP contribution in [0.3, 0.4) is 0 Å². The standard InChI is InChI=1S/C18H18N4OS/c1-2-7-17-20-21-18(24)22(17)19-13-14-8-6-11-16(12-14)23-15-9-4-3-5-10-15/h3-6,8-13H,2,7H2,1H3,(H,21,24)/b19-13+. The average Bonchev–Trinajstić information content (AvgIpc) is 2.95. The molecule has 0 saturated carbocycles. The number of nitrogens with one attached hydrogen (secondary N) is 1. The van der Waals surface area contributed by atoms with Gasteiger partial charge in [-0.25, -0.2) is 0 Å². The van der Waals surface area contributed by atoms with Crippen LogP contribution in [0.1, 0.15) is 24.7 Å². The number of para-hydroxylation sites is 1. The highest BCUT2D eigenvalue weighted by molar-refractivity contribution is 7.71. The average molecular weight is 338 g/mol. The van der Waals surface area contributed by atoms with Gasteiger partial charge in [0.25, 0.3) is 0 Å². The van der Waals surface area contributed by atoms with E-state index in [4.69, 9.17) is 17.0 Å². The van der Waals surface area contributed by atoms with Crippen molar-refractivity contribution in [3.05, 3.63) is 70.8 Å². The molecular weight excluding hydrogens is 320 g/mol. The van der Waals surface area contributed by atoms with Gasteiger partial charge < -0.3 is 4.74 Å². The predicted octanol–water partition coefficient (Wildman–Crippen LogP) is 4.57. The van der Waals surface area contributed by atoms with Gasteiger partial charge in [-0.1, -0.05) is 37.3 Å². The Bertz CT molecular complexity index is 883. The van der Waals surface area contributed by atoms with E-state index in [9.17, 15) is 0 Å². The second kappa shape index (κ2) is 7.70. The van der Waals surface area contributed by atoms with Crippen molar-refractivity contribution in [1.29, 1.82) is 0 Å². The van der Waals surface area contributed by atoms with Crippen LogP contribution in [0.25, 0.3) is 0 Å². The molecule has 0 atom stereocenters. The minimum Gasteiger partial charge on any atom is -0.457 e. The Morgan fingerprint density at radius 3 is 2.75 bits per heavy atom. The fraction of sp³-hybridized carbons (Fsp3) is 0.167. The summed E-state index contributed by atoms with van der Waals surface area (Å²) in [5.74, 6) is 2.39. The van der Waals surface area contributed by atoms with Gasteiger partial charge in [0.1, 0.15) is 11.5 Å². The van der Waals surface area contributed by atoms with E-state index in [1.54, 1.807) is 10.9 Å². The zero-order valence-corrected chi connectivity index (χ0v) is 14.2. The van der Waals surface area contributed by atoms with Crippen molar-refractivity contribution in [3.8, 4) is 11.5 Å². The molecule has 1 heterocycles. The van der Waals surface area contributed by atoms with Gasteiger partial charge in [-0.05, 0) is 48.5 Å². The predicted molar refractivity (Wildman–Crippen MR) is 97.4 cm³/mol. The first-order valence-electron chi connectivity index (χ1n) is 7.80. The Morgan fingerprint density at radius 2 is 1.96 bits per heavy atom. The summed E-state index contributed by atoms with van der Waals surface area (Å²) in [5.41, 5.74) is 0.925. The summed E-state index contributed by atoms with van der Waals surface area (Å²) < 4.78 is 7.98. The normalized spacial score (nSPS) is 11.0. The molecule has 24 heavy (non-hydrogen) atoms. The smallest absolute Gasteiger partial charge is 0.216 e. The summed E-state index contributed by atoms with van der Waals surface area (Å²) in [7, 11) is 0. The lowest BCUT2D eigenvalue weighted by Crippen LogP contribution is -1.98. The molecule has 3 rings (SSSR count). The second-order valence-corrected chi connectivity index (χ2v) is 5.63. The van der Waals surface area contributed by atoms with E-state index in [0.29, 0.717) is 4.77 Å². The van der Waals surface area contributed by atoms with Crippen LogP contribution in [0, 0.1) is 4.77 Å². The van der Waals surface area contributed by atoms with Crippen LogP contribution in [0.15, 0.2) is 59.7 Å². The Morgan fingerprint density at radius 1 is 1.17 bits per heavy atom. The van der Waals surface area contributed by atoms with Gasteiger partial charge in [0.2, 0.25) is 4.77 Å². The third-order valence-electron chi connectivity index (χ3n) is 3.35. The van der Waals surface area contributed by atoms with Gasteiger partial charge in [-0.15, -0.1) is 0 Å². The number of hydrogen-bond acceptors (Lipinski definition) is 4. The summed E-state index contributed by atoms with van der Waals surface area (Å²) in [6.07, 6.45) is 3.56. The molecular formula is C18H18N4OS. The molecule has 0 fully saturated rings. The van der Waals surface area contributed by atoms with Gasteiger partial charge in [0, 0.05) is 6.42 Å². The number of benzene rings is 2. The SMILES string of the molecule is CCCc1n[nH]c(=S)n1/N=C/c1cccc(Oc2ccccc2)c1. The maximum atomic E-state index is 5.83. The van der Waals surface area contributed by atoms with Crippen LogP contribution in [0.4, 0.5) is 0 Å². The van der Waals surface area contributed by atoms with Crippen LogP contribution >= 0.6 is 12.2 Å². The van der Waals surface area contributed by atoms with Crippen molar-refractivity contribution >= 4 is 18.4 Å². The number of hydrogen-bond donors (Lipinski definition) is 1. The quantitative estimate of drug-likeness (QED) is 0.529. The molecule has 2 aromatic carbocycles. The zero-order chi connectivity index (χ0) is 16.8. The highest BCUT2D eigenvalue weighted by Gasteiger charge is 2.03. The van der Waals surface area contributed by atoms with E-state index < -0.39 is 0 Å². The Labute approximate surface area is 145 Å². The van der Waals surface area contributed by atoms with Crippen molar-refractivity contribution in [2.45, 2.75) is 19.8 Å². The first-order chi connectivity index (χ1) is 11.8. The Balaban J connectivity index is 1.80. The highest BCUT2D eigenvalue weighted by atomic mass is 32.1. The first kappa shape index (κ1) is 16.1. The molecule has 1 aromatic heterocycles. The van der Waals surface area contributed by atoms with Crippen LogP contribution in [-0.2, 0) is 6.42 Å². The molecule has 0 saturated heterocycles. The van der Waals surface area contributed by atoms with Gasteiger partial charge in [-0.3, -0.25) is 5.10 Å². The molecule has 0 bridgehead atoms. The summed E-state index contributed by atoms with van der Waals surface area (Å²) in [4.78, 5) is 0. The summed E-state index contributed by atoms with van der Waals surface area (Å²) in [6, 6.07) is 17.4. The van der Waals surface area contributed by atoms with Crippen molar-refractivity contribution < 1.29 is 4.74 Å². The van der Waals surface area contributed by atoms with Gasteiger partial charge in [0.05, 0.1) is 6.21 Å². The summed E-state index contributed by atoms with van der Waals surface area (Å²) in [5, 5.41) is 11.4. The molecule has 0 aliphatic rings. The fourth-order valence-corrected chi connectivity index (χ4v) is 2.43. The fourth-order valence-electron chi connectivity index (χ4n) is 2.24. The molecule has 0 unspecified atom stereocenters. The second-order valence-electron chi connectivity index (χ2n) is 5.24. The monoisotopic (exact) mass is 338 g/mol. The van der Waals surface area contributed by atoms with E-state index in [1.807, 2.05) is 54.6 Å². The van der Waals surface area contributed by atoms with Crippen molar-refractivity contribution in [2.24, 2.45) is 5.10 Å². The maximum Gasteiger partial charge on any atom is 0.216 e. The topological polar surface area (TPSA) is 55.2 Å². The number of aromatic amines is 1. The highest BCUT2D eigenvalue weighted by Crippen LogP contribution is 2.21. The molecule has 122 valence electrons. The molecule has 0 aliphatic carbocycles. The van der Waals surface area contributed by atoms with Crippen molar-refractivity contribution in [2.75, 3.05) is 0 Å². The van der Waals surface area contributed by atoms with E-state index in [2.05, 4.69) is 22.2 Å². The molecule has 3 aromatic rings. The van der Waals surface area contributed by atoms with Crippen LogP contribution in [0.5, 0.6) is 11.5 Å². The Kier molecular flexibility index (Phi) is 5.18. The van der Waals surface area contributed by atoms with Crippen molar-refractivity contribution in [1.82, 2.24) is 14.9 Å². The molecule has 0 spiro atoms. The number of aromatic nitrogens is 3. The lowest BCUT2D eigenvalue weighted by atomic mass is 10.2. The van der Waals surface area contributed by atoms with Gasteiger partial charge in [0.15, 0.2) is 5.82 Å². The number of rotatable bonds is 6. The molecule has 6 heteroatoms. The van der Waals surface area contributed by atoms with E-state index in [0.717, 1.165) is 35.7 Å². The van der Waals surface area contributed by atoms with Crippen LogP contribution in [-0.4, -0.2) is 21.1 Å². The van der Waals surface area contributed by atoms with Crippen molar-refractivity contribution in [3.63, 3.8) is 0 Å². The molecule has 1 N–H and O–H groups in total. The van der Waals surface area contributed by atoms with Crippen LogP contribution in [0.2, 0.25) is 0 Å². The minimum absolute atomic E-state index is 0.492. The van der Waals surface area contributed by atoms with Crippen LogP contribution < -0.4 is 4.74 Å². The summed E-state index contributed by atoms with van der Waals surface area (Å²) >= 11 is 5.22. The molecule has 0 aliphatic heterocycles. The maximum absolute atomic E-state index is 5.83. The van der Waals surface area contributed by atoms with Gasteiger partial charge in [-0.2, -0.15) is 14.9 Å². The largest absolute Gasteiger partial charge is 0.457 e. The lowest BCUT2D eigenvalue weighted by molar-refractivity contribution is 0.482. The third-order valence-corrected chi connectivity index (χ3v) is 3.61. The third kappa shape index (κ3) is 3.97.